The predicted octanol–water partition coefficient (Wildman–Crippen LogP) is 3.13. The lowest BCUT2D eigenvalue weighted by molar-refractivity contribution is 0.581. The van der Waals surface area contributed by atoms with E-state index in [1.54, 1.807) is 12.5 Å². The molecule has 0 aliphatic rings. The number of rotatable bonds is 4. The summed E-state index contributed by atoms with van der Waals surface area (Å²) in [5.74, 6) is 0.721. The van der Waals surface area contributed by atoms with Crippen molar-refractivity contribution in [2.24, 2.45) is 5.92 Å². The van der Waals surface area contributed by atoms with E-state index in [4.69, 9.17) is 0 Å². The SMILES string of the molecule is CC(C)CCc1ccc(-c2ccncn2)cn1. The maximum absolute atomic E-state index is 4.47. The molecule has 0 saturated carbocycles. The smallest absolute Gasteiger partial charge is 0.116 e. The molecule has 0 aliphatic carbocycles. The molecule has 0 radical (unpaired) electrons. The van der Waals surface area contributed by atoms with Crippen molar-refractivity contribution in [3.05, 3.63) is 42.6 Å². The van der Waals surface area contributed by atoms with Gasteiger partial charge in [0.15, 0.2) is 0 Å². The first-order valence-electron chi connectivity index (χ1n) is 5.97. The molecule has 0 unspecified atom stereocenters. The van der Waals surface area contributed by atoms with Gasteiger partial charge in [0.05, 0.1) is 5.69 Å². The number of hydrogen-bond donors (Lipinski definition) is 0. The number of hydrogen-bond acceptors (Lipinski definition) is 3. The van der Waals surface area contributed by atoms with Crippen LogP contribution in [0.4, 0.5) is 0 Å². The molecule has 0 N–H and O–H groups in total. The Morgan fingerprint density at radius 3 is 2.59 bits per heavy atom. The molecule has 0 fully saturated rings. The third-order valence-electron chi connectivity index (χ3n) is 2.68. The summed E-state index contributed by atoms with van der Waals surface area (Å²) in [7, 11) is 0. The highest BCUT2D eigenvalue weighted by atomic mass is 14.8. The molecule has 88 valence electrons. The zero-order chi connectivity index (χ0) is 12.1. The molecule has 2 heterocycles. The molecule has 0 atom stereocenters. The van der Waals surface area contributed by atoms with Gasteiger partial charge in [-0.3, -0.25) is 4.98 Å². The van der Waals surface area contributed by atoms with Crippen LogP contribution in [-0.2, 0) is 6.42 Å². The average Bonchev–Trinajstić information content (AvgIpc) is 2.38. The number of aryl methyl sites for hydroxylation is 1. The van der Waals surface area contributed by atoms with Crippen LogP contribution in [0.1, 0.15) is 26.0 Å². The monoisotopic (exact) mass is 227 g/mol. The van der Waals surface area contributed by atoms with E-state index in [2.05, 4.69) is 40.9 Å². The van der Waals surface area contributed by atoms with E-state index in [0.717, 1.165) is 29.3 Å². The predicted molar refractivity (Wildman–Crippen MR) is 68.4 cm³/mol. The lowest BCUT2D eigenvalue weighted by atomic mass is 10.1. The Kier molecular flexibility index (Phi) is 3.81. The van der Waals surface area contributed by atoms with Gasteiger partial charge < -0.3 is 0 Å². The van der Waals surface area contributed by atoms with Gasteiger partial charge in [0, 0.05) is 23.7 Å². The maximum atomic E-state index is 4.47. The van der Waals surface area contributed by atoms with Gasteiger partial charge in [-0.2, -0.15) is 0 Å². The molecule has 17 heavy (non-hydrogen) atoms. The number of nitrogens with zero attached hydrogens (tertiary/aromatic N) is 3. The summed E-state index contributed by atoms with van der Waals surface area (Å²) in [4.78, 5) is 12.6. The van der Waals surface area contributed by atoms with E-state index in [0.29, 0.717) is 0 Å². The van der Waals surface area contributed by atoms with Gasteiger partial charge in [-0.1, -0.05) is 13.8 Å². The van der Waals surface area contributed by atoms with E-state index < -0.39 is 0 Å². The largest absolute Gasteiger partial charge is 0.261 e. The van der Waals surface area contributed by atoms with E-state index >= 15 is 0 Å². The van der Waals surface area contributed by atoms with Crippen molar-refractivity contribution in [1.82, 2.24) is 15.0 Å². The highest BCUT2D eigenvalue weighted by Crippen LogP contribution is 2.15. The van der Waals surface area contributed by atoms with Gasteiger partial charge in [0.25, 0.3) is 0 Å². The fourth-order valence-electron chi connectivity index (χ4n) is 1.62. The molecule has 2 aromatic heterocycles. The molecular weight excluding hydrogens is 210 g/mol. The summed E-state index contributed by atoms with van der Waals surface area (Å²) in [5, 5.41) is 0. The highest BCUT2D eigenvalue weighted by Gasteiger charge is 2.01. The summed E-state index contributed by atoms with van der Waals surface area (Å²) >= 11 is 0. The van der Waals surface area contributed by atoms with E-state index in [1.807, 2.05) is 12.3 Å². The van der Waals surface area contributed by atoms with Crippen LogP contribution in [0.25, 0.3) is 11.3 Å². The number of pyridine rings is 1. The van der Waals surface area contributed by atoms with Crippen molar-refractivity contribution < 1.29 is 0 Å². The van der Waals surface area contributed by atoms with E-state index in [1.165, 1.54) is 6.42 Å². The van der Waals surface area contributed by atoms with Crippen LogP contribution >= 0.6 is 0 Å². The van der Waals surface area contributed by atoms with Crippen molar-refractivity contribution in [2.75, 3.05) is 0 Å². The Hall–Kier alpha value is -1.77. The maximum Gasteiger partial charge on any atom is 0.116 e. The van der Waals surface area contributed by atoms with Gasteiger partial charge >= 0.3 is 0 Å². The van der Waals surface area contributed by atoms with E-state index in [-0.39, 0.29) is 0 Å². The average molecular weight is 227 g/mol. The van der Waals surface area contributed by atoms with Gasteiger partial charge in [0.1, 0.15) is 6.33 Å². The summed E-state index contributed by atoms with van der Waals surface area (Å²) in [6.07, 6.45) is 7.41. The summed E-state index contributed by atoms with van der Waals surface area (Å²) in [5.41, 5.74) is 3.11. The third-order valence-corrected chi connectivity index (χ3v) is 2.68. The second-order valence-corrected chi connectivity index (χ2v) is 4.57. The third kappa shape index (κ3) is 3.34. The van der Waals surface area contributed by atoms with Crippen LogP contribution in [0.3, 0.4) is 0 Å². The lowest BCUT2D eigenvalue weighted by Gasteiger charge is -2.05. The lowest BCUT2D eigenvalue weighted by Crippen LogP contribution is -1.95. The Balaban J connectivity index is 2.08. The Labute approximate surface area is 102 Å². The Morgan fingerprint density at radius 1 is 1.12 bits per heavy atom. The highest BCUT2D eigenvalue weighted by molar-refractivity contribution is 5.56. The van der Waals surface area contributed by atoms with Crippen molar-refractivity contribution in [1.29, 1.82) is 0 Å². The molecule has 0 bridgehead atoms. The topological polar surface area (TPSA) is 38.7 Å². The first kappa shape index (κ1) is 11.7. The minimum atomic E-state index is 0.721. The van der Waals surface area contributed by atoms with Gasteiger partial charge in [-0.15, -0.1) is 0 Å². The first-order valence-corrected chi connectivity index (χ1v) is 5.97. The summed E-state index contributed by atoms with van der Waals surface area (Å²) in [6.45, 7) is 4.46. The molecule has 0 aromatic carbocycles. The van der Waals surface area contributed by atoms with Gasteiger partial charge in [-0.05, 0) is 37.0 Å². The van der Waals surface area contributed by atoms with Crippen LogP contribution in [0, 0.1) is 5.92 Å². The van der Waals surface area contributed by atoms with Gasteiger partial charge in [-0.25, -0.2) is 9.97 Å². The normalized spacial score (nSPS) is 10.8. The minimum Gasteiger partial charge on any atom is -0.261 e. The minimum absolute atomic E-state index is 0.721. The quantitative estimate of drug-likeness (QED) is 0.805. The number of aromatic nitrogens is 3. The Bertz CT molecular complexity index is 449. The second kappa shape index (κ2) is 5.53. The zero-order valence-corrected chi connectivity index (χ0v) is 10.3. The molecule has 3 nitrogen and oxygen atoms in total. The molecule has 2 rings (SSSR count). The molecule has 0 aliphatic heterocycles. The van der Waals surface area contributed by atoms with Crippen molar-refractivity contribution >= 4 is 0 Å². The zero-order valence-electron chi connectivity index (χ0n) is 10.3. The molecule has 0 amide bonds. The fraction of sp³-hybridized carbons (Fsp3) is 0.357. The van der Waals surface area contributed by atoms with Crippen LogP contribution in [-0.4, -0.2) is 15.0 Å². The van der Waals surface area contributed by atoms with Crippen molar-refractivity contribution in [3.8, 4) is 11.3 Å². The fourth-order valence-corrected chi connectivity index (χ4v) is 1.62. The molecule has 0 saturated heterocycles. The van der Waals surface area contributed by atoms with E-state index in [9.17, 15) is 0 Å². The first-order chi connectivity index (χ1) is 8.25. The van der Waals surface area contributed by atoms with Crippen molar-refractivity contribution in [2.45, 2.75) is 26.7 Å². The molecule has 3 heteroatoms. The standard InChI is InChI=1S/C14H17N3/c1-11(2)3-5-13-6-4-12(9-16-13)14-7-8-15-10-17-14/h4,6-11H,3,5H2,1-2H3. The van der Waals surface area contributed by atoms with Crippen LogP contribution in [0.15, 0.2) is 36.9 Å². The van der Waals surface area contributed by atoms with Crippen molar-refractivity contribution in [3.63, 3.8) is 0 Å². The van der Waals surface area contributed by atoms with Gasteiger partial charge in [0.2, 0.25) is 0 Å². The molecule has 2 aromatic rings. The Morgan fingerprint density at radius 2 is 2.00 bits per heavy atom. The molecular formula is C14H17N3. The second-order valence-electron chi connectivity index (χ2n) is 4.57. The summed E-state index contributed by atoms with van der Waals surface area (Å²) in [6, 6.07) is 6.05. The van der Waals surface area contributed by atoms with Crippen LogP contribution < -0.4 is 0 Å². The van der Waals surface area contributed by atoms with Crippen LogP contribution in [0.2, 0.25) is 0 Å². The summed E-state index contributed by atoms with van der Waals surface area (Å²) < 4.78 is 0. The molecule has 0 spiro atoms. The van der Waals surface area contributed by atoms with Crippen LogP contribution in [0.5, 0.6) is 0 Å².